The van der Waals surface area contributed by atoms with Gasteiger partial charge in [-0.25, -0.2) is 9.59 Å². The molecule has 0 heterocycles. The molecule has 0 aromatic heterocycles. The Kier molecular flexibility index (Phi) is 7.44. The quantitative estimate of drug-likeness (QED) is 0.658. The van der Waals surface area contributed by atoms with E-state index >= 15 is 0 Å². The number of amides is 2. The monoisotopic (exact) mass is 274 g/mol. The highest BCUT2D eigenvalue weighted by molar-refractivity contribution is 5.83. The molecular weight excluding hydrogens is 248 g/mol. The molecule has 0 aromatic rings. The Morgan fingerprint density at radius 3 is 2.21 bits per heavy atom. The van der Waals surface area contributed by atoms with E-state index in [0.29, 0.717) is 6.61 Å². The van der Waals surface area contributed by atoms with Crippen LogP contribution in [-0.4, -0.2) is 42.9 Å². The van der Waals surface area contributed by atoms with E-state index in [-0.39, 0.29) is 6.04 Å². The first-order valence-corrected chi connectivity index (χ1v) is 6.51. The highest BCUT2D eigenvalue weighted by Crippen LogP contribution is 2.19. The molecule has 0 aromatic carbocycles. The number of carboxylic acid groups (broad SMARTS) is 1. The van der Waals surface area contributed by atoms with Crippen molar-refractivity contribution in [3.63, 3.8) is 0 Å². The molecule has 6 nitrogen and oxygen atoms in total. The molecule has 0 aliphatic rings. The third-order valence-electron chi connectivity index (χ3n) is 2.73. The van der Waals surface area contributed by atoms with E-state index in [1.54, 1.807) is 27.9 Å². The third kappa shape index (κ3) is 7.00. The molecule has 0 radical (unpaired) electrons. The van der Waals surface area contributed by atoms with Gasteiger partial charge in [0.25, 0.3) is 0 Å². The van der Waals surface area contributed by atoms with Crippen molar-refractivity contribution in [2.45, 2.75) is 52.6 Å². The van der Waals surface area contributed by atoms with Gasteiger partial charge in [-0.3, -0.25) is 0 Å². The van der Waals surface area contributed by atoms with E-state index in [1.165, 1.54) is 0 Å². The molecule has 2 amide bonds. The van der Waals surface area contributed by atoms with Gasteiger partial charge in [-0.2, -0.15) is 0 Å². The maximum atomic E-state index is 11.8. The number of carboxylic acids is 1. The lowest BCUT2D eigenvalue weighted by molar-refractivity contribution is -0.141. The van der Waals surface area contributed by atoms with Gasteiger partial charge in [0.15, 0.2) is 0 Å². The molecule has 0 bridgehead atoms. The van der Waals surface area contributed by atoms with Crippen molar-refractivity contribution in [1.29, 1.82) is 0 Å². The summed E-state index contributed by atoms with van der Waals surface area (Å²) >= 11 is 0. The zero-order chi connectivity index (χ0) is 15.1. The number of carbonyl (C=O) groups excluding carboxylic acids is 1. The Hall–Kier alpha value is -1.30. The summed E-state index contributed by atoms with van der Waals surface area (Å²) in [5, 5.41) is 14.4. The number of carbonyl (C=O) groups is 2. The summed E-state index contributed by atoms with van der Waals surface area (Å²) in [5.74, 6) is -1.04. The van der Waals surface area contributed by atoms with Crippen LogP contribution >= 0.6 is 0 Å². The number of nitrogens with one attached hydrogen (secondary N) is 2. The molecular formula is C13H26N2O4. The van der Waals surface area contributed by atoms with Crippen molar-refractivity contribution in [3.05, 3.63) is 0 Å². The summed E-state index contributed by atoms with van der Waals surface area (Å²) in [6, 6.07) is -1.51. The van der Waals surface area contributed by atoms with Crippen molar-refractivity contribution < 1.29 is 19.4 Å². The lowest BCUT2D eigenvalue weighted by atomic mass is 9.87. The number of hydrogen-bond acceptors (Lipinski definition) is 3. The maximum absolute atomic E-state index is 11.8. The minimum Gasteiger partial charge on any atom is -0.480 e. The highest BCUT2D eigenvalue weighted by atomic mass is 16.5. The molecule has 0 aliphatic heterocycles. The third-order valence-corrected chi connectivity index (χ3v) is 2.73. The van der Waals surface area contributed by atoms with Crippen molar-refractivity contribution in [1.82, 2.24) is 10.6 Å². The van der Waals surface area contributed by atoms with Gasteiger partial charge in [0, 0.05) is 7.11 Å². The summed E-state index contributed by atoms with van der Waals surface area (Å²) in [6.07, 6.45) is 1.70. The lowest BCUT2D eigenvalue weighted by Crippen LogP contribution is -2.54. The van der Waals surface area contributed by atoms with Crippen LogP contribution in [0.3, 0.4) is 0 Å². The lowest BCUT2D eigenvalue weighted by Gasteiger charge is -2.28. The first kappa shape index (κ1) is 17.7. The van der Waals surface area contributed by atoms with Gasteiger partial charge in [0.1, 0.15) is 6.04 Å². The first-order chi connectivity index (χ1) is 8.72. The van der Waals surface area contributed by atoms with Gasteiger partial charge >= 0.3 is 12.0 Å². The van der Waals surface area contributed by atoms with Crippen molar-refractivity contribution in [2.24, 2.45) is 5.41 Å². The second kappa shape index (κ2) is 7.99. The van der Waals surface area contributed by atoms with Gasteiger partial charge in [0.2, 0.25) is 0 Å². The van der Waals surface area contributed by atoms with Crippen molar-refractivity contribution >= 4 is 12.0 Å². The standard InChI is InChI=1S/C13H26N2O4/c1-6-7-9(8-19-5)14-12(18)15-10(11(16)17)13(2,3)4/h9-10H,6-8H2,1-5H3,(H,16,17)(H2,14,15,18)/t9?,10-/m1/s1. The average molecular weight is 274 g/mol. The highest BCUT2D eigenvalue weighted by Gasteiger charge is 2.32. The van der Waals surface area contributed by atoms with Crippen LogP contribution in [-0.2, 0) is 9.53 Å². The normalized spacial score (nSPS) is 14.6. The molecule has 6 heteroatoms. The molecule has 3 N–H and O–H groups in total. The molecule has 0 saturated carbocycles. The Labute approximate surface area is 114 Å². The molecule has 1 unspecified atom stereocenters. The van der Waals surface area contributed by atoms with Crippen LogP contribution in [0, 0.1) is 5.41 Å². The topological polar surface area (TPSA) is 87.7 Å². The number of ether oxygens (including phenoxy) is 1. The predicted molar refractivity (Wildman–Crippen MR) is 73.1 cm³/mol. The van der Waals surface area contributed by atoms with Crippen LogP contribution in [0.5, 0.6) is 0 Å². The van der Waals surface area contributed by atoms with Crippen LogP contribution in [0.1, 0.15) is 40.5 Å². The number of rotatable bonds is 7. The molecule has 2 atom stereocenters. The molecule has 0 aliphatic carbocycles. The van der Waals surface area contributed by atoms with Gasteiger partial charge in [-0.1, -0.05) is 34.1 Å². The zero-order valence-electron chi connectivity index (χ0n) is 12.4. The van der Waals surface area contributed by atoms with Crippen LogP contribution in [0.25, 0.3) is 0 Å². The first-order valence-electron chi connectivity index (χ1n) is 6.51. The Morgan fingerprint density at radius 2 is 1.84 bits per heavy atom. The van der Waals surface area contributed by atoms with E-state index in [2.05, 4.69) is 10.6 Å². The van der Waals surface area contributed by atoms with Crippen LogP contribution in [0.2, 0.25) is 0 Å². The van der Waals surface area contributed by atoms with E-state index in [4.69, 9.17) is 9.84 Å². The van der Waals surface area contributed by atoms with Gasteiger partial charge in [0.05, 0.1) is 12.6 Å². The van der Waals surface area contributed by atoms with Crippen LogP contribution < -0.4 is 10.6 Å². The van der Waals surface area contributed by atoms with E-state index in [9.17, 15) is 9.59 Å². The SMILES string of the molecule is CCCC(COC)NC(=O)N[C@H](C(=O)O)C(C)(C)C. The molecule has 112 valence electrons. The molecule has 0 fully saturated rings. The molecule has 0 rings (SSSR count). The number of hydrogen-bond donors (Lipinski definition) is 3. The predicted octanol–water partition coefficient (Wildman–Crippen LogP) is 1.60. The fourth-order valence-corrected chi connectivity index (χ4v) is 1.75. The molecule has 19 heavy (non-hydrogen) atoms. The van der Waals surface area contributed by atoms with Gasteiger partial charge in [-0.05, 0) is 11.8 Å². The average Bonchev–Trinajstić information content (AvgIpc) is 2.24. The molecule has 0 spiro atoms. The smallest absolute Gasteiger partial charge is 0.326 e. The van der Waals surface area contributed by atoms with E-state index < -0.39 is 23.5 Å². The summed E-state index contributed by atoms with van der Waals surface area (Å²) < 4.78 is 5.02. The van der Waals surface area contributed by atoms with E-state index in [1.807, 2.05) is 6.92 Å². The number of methoxy groups -OCH3 is 1. The Balaban J connectivity index is 4.52. The number of aliphatic carboxylic acids is 1. The largest absolute Gasteiger partial charge is 0.480 e. The van der Waals surface area contributed by atoms with Gasteiger partial charge in [-0.15, -0.1) is 0 Å². The second-order valence-electron chi connectivity index (χ2n) is 5.70. The number of urea groups is 1. The fourth-order valence-electron chi connectivity index (χ4n) is 1.75. The summed E-state index contributed by atoms with van der Waals surface area (Å²) in [4.78, 5) is 23.0. The van der Waals surface area contributed by atoms with Crippen molar-refractivity contribution in [3.8, 4) is 0 Å². The molecule has 0 saturated heterocycles. The van der Waals surface area contributed by atoms with Crippen molar-refractivity contribution in [2.75, 3.05) is 13.7 Å². The maximum Gasteiger partial charge on any atom is 0.326 e. The zero-order valence-corrected chi connectivity index (χ0v) is 12.4. The van der Waals surface area contributed by atoms with Crippen LogP contribution in [0.15, 0.2) is 0 Å². The Bertz CT molecular complexity index is 294. The summed E-state index contributed by atoms with van der Waals surface area (Å²) in [6.45, 7) is 7.73. The minimum absolute atomic E-state index is 0.107. The van der Waals surface area contributed by atoms with E-state index in [0.717, 1.165) is 12.8 Å². The van der Waals surface area contributed by atoms with Gasteiger partial charge < -0.3 is 20.5 Å². The second-order valence-corrected chi connectivity index (χ2v) is 5.70. The summed E-state index contributed by atoms with van der Waals surface area (Å²) in [5.41, 5.74) is -0.551. The Morgan fingerprint density at radius 1 is 1.26 bits per heavy atom. The van der Waals surface area contributed by atoms with Crippen LogP contribution in [0.4, 0.5) is 4.79 Å². The fraction of sp³-hybridized carbons (Fsp3) is 0.846. The minimum atomic E-state index is -1.04. The summed E-state index contributed by atoms with van der Waals surface area (Å²) in [7, 11) is 1.57.